The second-order valence-electron chi connectivity index (χ2n) is 3.96. The minimum absolute atomic E-state index is 0.0287. The molecule has 1 aliphatic heterocycles. The lowest BCUT2D eigenvalue weighted by Crippen LogP contribution is -2.57. The first-order valence-corrected chi connectivity index (χ1v) is 5.25. The molecule has 8 heteroatoms. The summed E-state index contributed by atoms with van der Waals surface area (Å²) in [7, 11) is 0. The van der Waals surface area contributed by atoms with Crippen molar-refractivity contribution in [2.75, 3.05) is 12.3 Å². The normalized spacial score (nSPS) is 28.5. The molecule has 5 N–H and O–H groups in total. The molecule has 0 radical (unpaired) electrons. The predicted molar refractivity (Wildman–Crippen MR) is 55.8 cm³/mol. The number of hydrogen-bond donors (Lipinski definition) is 4. The summed E-state index contributed by atoms with van der Waals surface area (Å²) in [6, 6.07) is 0. The van der Waals surface area contributed by atoms with Crippen molar-refractivity contribution in [3.8, 4) is 0 Å². The Morgan fingerprint density at radius 2 is 2.41 bits per heavy atom. The molecule has 2 heterocycles. The summed E-state index contributed by atoms with van der Waals surface area (Å²) in [5, 5.41) is 18.6. The second kappa shape index (κ2) is 4.40. The van der Waals surface area contributed by atoms with Crippen LogP contribution in [0.2, 0.25) is 0 Å². The van der Waals surface area contributed by atoms with E-state index in [2.05, 4.69) is 9.97 Å². The van der Waals surface area contributed by atoms with Crippen LogP contribution in [-0.2, 0) is 4.74 Å². The molecule has 0 saturated carbocycles. The molecule has 0 amide bonds. The number of aromatic nitrogens is 3. The van der Waals surface area contributed by atoms with Crippen LogP contribution in [0.5, 0.6) is 0 Å². The zero-order valence-corrected chi connectivity index (χ0v) is 9.33. The van der Waals surface area contributed by atoms with Crippen molar-refractivity contribution in [3.05, 3.63) is 16.3 Å². The van der Waals surface area contributed by atoms with E-state index in [1.165, 1.54) is 4.57 Å². The maximum atomic E-state index is 11.7. The number of ether oxygens (including phenoxy) is 1. The van der Waals surface area contributed by atoms with Gasteiger partial charge in [0.25, 0.3) is 0 Å². The number of nitrogens with zero attached hydrogens (tertiary/aromatic N) is 2. The van der Waals surface area contributed by atoms with Crippen LogP contribution in [0.3, 0.4) is 0 Å². The fourth-order valence-corrected chi connectivity index (χ4v) is 1.95. The van der Waals surface area contributed by atoms with E-state index in [4.69, 9.17) is 15.6 Å². The SMILES string of the molecule is Cc1nc(N)[nH]c(=O)[n+]1[C@H]1CC(O)[C@@H](CO)O1. The van der Waals surface area contributed by atoms with Crippen molar-refractivity contribution < 1.29 is 19.5 Å². The maximum Gasteiger partial charge on any atom is 0.446 e. The van der Waals surface area contributed by atoms with Crippen LogP contribution in [0, 0.1) is 6.92 Å². The number of nitrogen functional groups attached to an aromatic ring is 1. The van der Waals surface area contributed by atoms with Gasteiger partial charge in [-0.05, 0) is 0 Å². The lowest BCUT2D eigenvalue weighted by atomic mass is 10.2. The van der Waals surface area contributed by atoms with Gasteiger partial charge in [-0.25, -0.2) is 4.79 Å². The summed E-state index contributed by atoms with van der Waals surface area (Å²) in [5.74, 6) is 0.419. The number of hydrogen-bond acceptors (Lipinski definition) is 6. The number of anilines is 1. The number of nitrogens with one attached hydrogen (secondary N) is 1. The van der Waals surface area contributed by atoms with Gasteiger partial charge >= 0.3 is 11.6 Å². The number of rotatable bonds is 2. The quantitative estimate of drug-likeness (QED) is 0.429. The third-order valence-electron chi connectivity index (χ3n) is 2.76. The molecule has 1 saturated heterocycles. The van der Waals surface area contributed by atoms with Crippen LogP contribution in [0.15, 0.2) is 4.79 Å². The largest absolute Gasteiger partial charge is 0.446 e. The van der Waals surface area contributed by atoms with Crippen LogP contribution in [0.25, 0.3) is 0 Å². The Kier molecular flexibility index (Phi) is 3.09. The minimum atomic E-state index is -0.797. The van der Waals surface area contributed by atoms with Gasteiger partial charge in [-0.1, -0.05) is 4.98 Å². The van der Waals surface area contributed by atoms with Gasteiger partial charge in [-0.2, -0.15) is 9.55 Å². The highest BCUT2D eigenvalue weighted by Gasteiger charge is 2.38. The topological polar surface area (TPSA) is 125 Å². The Morgan fingerprint density at radius 3 is 2.94 bits per heavy atom. The molecule has 3 atom stereocenters. The van der Waals surface area contributed by atoms with Crippen molar-refractivity contribution >= 4 is 5.95 Å². The van der Waals surface area contributed by atoms with Crippen LogP contribution in [-0.4, -0.2) is 39.0 Å². The van der Waals surface area contributed by atoms with E-state index in [1.54, 1.807) is 6.92 Å². The van der Waals surface area contributed by atoms with Gasteiger partial charge in [0.2, 0.25) is 5.82 Å². The monoisotopic (exact) mass is 243 g/mol. The van der Waals surface area contributed by atoms with Crippen LogP contribution in [0.4, 0.5) is 5.95 Å². The van der Waals surface area contributed by atoms with Gasteiger partial charge < -0.3 is 20.7 Å². The summed E-state index contributed by atoms with van der Waals surface area (Å²) in [5.41, 5.74) is 4.94. The molecule has 1 fully saturated rings. The Balaban J connectivity index is 2.34. The van der Waals surface area contributed by atoms with Crippen LogP contribution in [0.1, 0.15) is 18.5 Å². The third kappa shape index (κ3) is 2.14. The summed E-state index contributed by atoms with van der Waals surface area (Å²) >= 11 is 0. The first-order valence-electron chi connectivity index (χ1n) is 5.25. The standard InChI is InChI=1S/C9H14N4O4/c1-4-11-8(10)12-9(16)13(4)7-2-5(15)6(3-14)17-7/h5-7,14-15H,2-3H2,1H3,(H2,10,12,16)/p+1/t5?,6-,7-/m1/s1. The molecular weight excluding hydrogens is 228 g/mol. The first-order chi connectivity index (χ1) is 8.02. The van der Waals surface area contributed by atoms with Crippen molar-refractivity contribution in [2.24, 2.45) is 0 Å². The first kappa shape index (κ1) is 12.0. The number of aryl methyl sites for hydroxylation is 1. The molecule has 2 rings (SSSR count). The van der Waals surface area contributed by atoms with E-state index in [0.717, 1.165) is 0 Å². The zero-order chi connectivity index (χ0) is 12.6. The fourth-order valence-electron chi connectivity index (χ4n) is 1.95. The third-order valence-corrected chi connectivity index (χ3v) is 2.76. The lowest BCUT2D eigenvalue weighted by molar-refractivity contribution is -0.781. The van der Waals surface area contributed by atoms with E-state index in [1.807, 2.05) is 0 Å². The maximum absolute atomic E-state index is 11.7. The molecule has 1 aromatic rings. The van der Waals surface area contributed by atoms with E-state index >= 15 is 0 Å². The fraction of sp³-hybridized carbons (Fsp3) is 0.667. The number of H-pyrrole nitrogens is 1. The van der Waals surface area contributed by atoms with E-state index in [9.17, 15) is 9.90 Å². The second-order valence-corrected chi connectivity index (χ2v) is 3.96. The van der Waals surface area contributed by atoms with Crippen molar-refractivity contribution in [1.82, 2.24) is 9.97 Å². The van der Waals surface area contributed by atoms with E-state index in [-0.39, 0.29) is 19.0 Å². The van der Waals surface area contributed by atoms with Crippen LogP contribution >= 0.6 is 0 Å². The van der Waals surface area contributed by atoms with Crippen molar-refractivity contribution in [3.63, 3.8) is 0 Å². The molecular formula is C9H15N4O4+. The summed E-state index contributed by atoms with van der Waals surface area (Å²) in [6.45, 7) is 1.32. The number of aliphatic hydroxyl groups is 2. The van der Waals surface area contributed by atoms with E-state index in [0.29, 0.717) is 5.82 Å². The number of aromatic amines is 1. The van der Waals surface area contributed by atoms with E-state index < -0.39 is 24.1 Å². The molecule has 0 bridgehead atoms. The highest BCUT2D eigenvalue weighted by molar-refractivity contribution is 5.10. The molecule has 0 aromatic carbocycles. The molecule has 1 aromatic heterocycles. The predicted octanol–water partition coefficient (Wildman–Crippen LogP) is -2.41. The molecule has 17 heavy (non-hydrogen) atoms. The zero-order valence-electron chi connectivity index (χ0n) is 9.33. The Hall–Kier alpha value is -1.51. The van der Waals surface area contributed by atoms with Gasteiger partial charge in [-0.3, -0.25) is 0 Å². The minimum Gasteiger partial charge on any atom is -0.394 e. The molecule has 94 valence electrons. The average Bonchev–Trinajstić information content (AvgIpc) is 2.57. The lowest BCUT2D eigenvalue weighted by Gasteiger charge is -2.11. The van der Waals surface area contributed by atoms with Crippen molar-refractivity contribution in [2.45, 2.75) is 31.8 Å². The number of aliphatic hydroxyl groups excluding tert-OH is 2. The molecule has 1 unspecified atom stereocenters. The molecule has 0 aliphatic carbocycles. The summed E-state index contributed by atoms with van der Waals surface area (Å²) in [6.07, 6.45) is -1.89. The Bertz CT molecular complexity index is 475. The average molecular weight is 243 g/mol. The Labute approximate surface area is 96.7 Å². The Morgan fingerprint density at radius 1 is 1.71 bits per heavy atom. The molecule has 0 spiro atoms. The van der Waals surface area contributed by atoms with Gasteiger partial charge in [0.15, 0.2) is 6.23 Å². The number of nitrogens with two attached hydrogens (primary N) is 1. The van der Waals surface area contributed by atoms with Gasteiger partial charge in [-0.15, -0.1) is 0 Å². The van der Waals surface area contributed by atoms with Gasteiger partial charge in [0.05, 0.1) is 12.7 Å². The van der Waals surface area contributed by atoms with Crippen LogP contribution < -0.4 is 16.0 Å². The highest BCUT2D eigenvalue weighted by atomic mass is 16.5. The summed E-state index contributed by atoms with van der Waals surface area (Å²) in [4.78, 5) is 18.0. The van der Waals surface area contributed by atoms with Crippen molar-refractivity contribution in [1.29, 1.82) is 0 Å². The summed E-state index contributed by atoms with van der Waals surface area (Å²) < 4.78 is 6.65. The highest BCUT2D eigenvalue weighted by Crippen LogP contribution is 2.23. The molecule has 8 nitrogen and oxygen atoms in total. The smallest absolute Gasteiger partial charge is 0.394 e. The van der Waals surface area contributed by atoms with Gasteiger partial charge in [0, 0.05) is 13.3 Å². The molecule has 1 aliphatic rings. The van der Waals surface area contributed by atoms with Gasteiger partial charge in [0.1, 0.15) is 6.10 Å².